The maximum absolute atomic E-state index is 13.4. The number of benzene rings is 2. The standard InChI is InChI=1S/C31H36N2O5S/c1-22(33-20-19-30(38-28(33)34,21-29(2,3)35)25-9-6-5-7-10-25)23-13-15-24(16-14-23)26-11-8-12-27(32-26)31(17-18-31)39(4,36)37/h5-16,22,35H,17-21H2,1-4H3. The van der Waals surface area contributed by atoms with E-state index in [9.17, 15) is 18.3 Å². The molecule has 5 rings (SSSR count). The van der Waals surface area contributed by atoms with E-state index in [1.807, 2.05) is 73.7 Å². The largest absolute Gasteiger partial charge is 0.438 e. The first kappa shape index (κ1) is 27.3. The van der Waals surface area contributed by atoms with Crippen LogP contribution in [0.25, 0.3) is 11.3 Å². The quantitative estimate of drug-likeness (QED) is 0.386. The number of aliphatic hydroxyl groups is 1. The summed E-state index contributed by atoms with van der Waals surface area (Å²) in [4.78, 5) is 19.8. The molecule has 2 atom stereocenters. The summed E-state index contributed by atoms with van der Waals surface area (Å²) in [5, 5.41) is 10.6. The van der Waals surface area contributed by atoms with Gasteiger partial charge in [-0.25, -0.2) is 13.2 Å². The lowest BCUT2D eigenvalue weighted by Crippen LogP contribution is -2.51. The summed E-state index contributed by atoms with van der Waals surface area (Å²) >= 11 is 0. The Morgan fingerprint density at radius 1 is 1.00 bits per heavy atom. The zero-order valence-electron chi connectivity index (χ0n) is 22.9. The number of aromatic nitrogens is 1. The van der Waals surface area contributed by atoms with E-state index in [2.05, 4.69) is 0 Å². The molecule has 39 heavy (non-hydrogen) atoms. The van der Waals surface area contributed by atoms with Gasteiger partial charge in [-0.15, -0.1) is 0 Å². The third kappa shape index (κ3) is 5.32. The van der Waals surface area contributed by atoms with Crippen molar-refractivity contribution in [2.75, 3.05) is 12.8 Å². The molecule has 1 aliphatic heterocycles. The van der Waals surface area contributed by atoms with E-state index >= 15 is 0 Å². The SMILES string of the molecule is CC(c1ccc(-c2cccc(C3(S(C)(=O)=O)CC3)n2)cc1)N1CCC(CC(C)(C)O)(c2ccccc2)OC1=O. The van der Waals surface area contributed by atoms with E-state index in [0.29, 0.717) is 37.9 Å². The van der Waals surface area contributed by atoms with Crippen LogP contribution in [-0.2, 0) is 24.9 Å². The number of cyclic esters (lactones) is 1. The van der Waals surface area contributed by atoms with Gasteiger partial charge in [-0.3, -0.25) is 4.98 Å². The number of sulfone groups is 1. The fraction of sp³-hybridized carbons (Fsp3) is 0.419. The number of nitrogens with zero attached hydrogens (tertiary/aromatic N) is 2. The van der Waals surface area contributed by atoms with E-state index in [-0.39, 0.29) is 6.04 Å². The fourth-order valence-corrected chi connectivity index (χ4v) is 7.12. The Labute approximate surface area is 230 Å². The molecule has 2 aromatic carbocycles. The first-order chi connectivity index (χ1) is 18.3. The number of rotatable bonds is 8. The Balaban J connectivity index is 1.34. The average Bonchev–Trinajstić information content (AvgIpc) is 3.71. The van der Waals surface area contributed by atoms with Crippen molar-refractivity contribution >= 4 is 15.9 Å². The van der Waals surface area contributed by atoms with Gasteiger partial charge < -0.3 is 14.7 Å². The zero-order valence-corrected chi connectivity index (χ0v) is 23.7. The molecular formula is C31H36N2O5S. The van der Waals surface area contributed by atoms with Crippen LogP contribution >= 0.6 is 0 Å². The third-order valence-electron chi connectivity index (χ3n) is 8.08. The van der Waals surface area contributed by atoms with Gasteiger partial charge in [-0.1, -0.05) is 60.7 Å². The first-order valence-corrected chi connectivity index (χ1v) is 15.3. The smallest absolute Gasteiger partial charge is 0.411 e. The van der Waals surface area contributed by atoms with E-state index in [1.54, 1.807) is 24.8 Å². The second kappa shape index (κ2) is 9.75. The number of pyridine rings is 1. The van der Waals surface area contributed by atoms with Crippen LogP contribution in [0.15, 0.2) is 72.8 Å². The average molecular weight is 549 g/mol. The van der Waals surface area contributed by atoms with Crippen molar-refractivity contribution in [3.05, 3.63) is 89.6 Å². The Hall–Kier alpha value is -3.23. The van der Waals surface area contributed by atoms with Gasteiger partial charge in [0.15, 0.2) is 9.84 Å². The van der Waals surface area contributed by atoms with Crippen molar-refractivity contribution in [2.24, 2.45) is 0 Å². The maximum Gasteiger partial charge on any atom is 0.411 e. The van der Waals surface area contributed by atoms with Crippen molar-refractivity contribution in [1.29, 1.82) is 0 Å². The van der Waals surface area contributed by atoms with Gasteiger partial charge in [0.2, 0.25) is 0 Å². The molecule has 1 saturated carbocycles. The van der Waals surface area contributed by atoms with E-state index in [0.717, 1.165) is 22.4 Å². The normalized spacial score (nSPS) is 21.8. The Kier molecular flexibility index (Phi) is 6.84. The number of amides is 1. The van der Waals surface area contributed by atoms with Crippen LogP contribution in [-0.4, -0.2) is 47.9 Å². The number of carbonyl (C=O) groups excluding carboxylic acids is 1. The molecule has 1 amide bonds. The maximum atomic E-state index is 13.4. The van der Waals surface area contributed by atoms with E-state index in [4.69, 9.17) is 9.72 Å². The van der Waals surface area contributed by atoms with Gasteiger partial charge in [0.05, 0.1) is 23.0 Å². The van der Waals surface area contributed by atoms with Gasteiger partial charge in [-0.2, -0.15) is 0 Å². The molecule has 0 spiro atoms. The summed E-state index contributed by atoms with van der Waals surface area (Å²) in [5.41, 5.74) is 2.14. The molecule has 3 aromatic rings. The summed E-state index contributed by atoms with van der Waals surface area (Å²) in [6.45, 7) is 5.93. The topological polar surface area (TPSA) is 96.8 Å². The van der Waals surface area contributed by atoms with Crippen LogP contribution in [0.4, 0.5) is 4.79 Å². The summed E-state index contributed by atoms with van der Waals surface area (Å²) in [5.74, 6) is 0. The Bertz CT molecular complexity index is 1460. The molecule has 2 heterocycles. The lowest BCUT2D eigenvalue weighted by atomic mass is 9.80. The second-order valence-electron chi connectivity index (χ2n) is 11.6. The van der Waals surface area contributed by atoms with Crippen molar-refractivity contribution in [3.8, 4) is 11.3 Å². The highest BCUT2D eigenvalue weighted by atomic mass is 32.2. The monoisotopic (exact) mass is 548 g/mol. The minimum absolute atomic E-state index is 0.221. The van der Waals surface area contributed by atoms with Crippen LogP contribution in [0.3, 0.4) is 0 Å². The van der Waals surface area contributed by atoms with Crippen LogP contribution in [0.5, 0.6) is 0 Å². The predicted molar refractivity (Wildman–Crippen MR) is 151 cm³/mol. The second-order valence-corrected chi connectivity index (χ2v) is 14.0. The predicted octanol–water partition coefficient (Wildman–Crippen LogP) is 5.74. The van der Waals surface area contributed by atoms with Gasteiger partial charge in [0.1, 0.15) is 10.3 Å². The van der Waals surface area contributed by atoms with E-state index < -0.39 is 31.9 Å². The molecule has 8 heteroatoms. The molecule has 206 valence electrons. The highest BCUT2D eigenvalue weighted by molar-refractivity contribution is 7.91. The van der Waals surface area contributed by atoms with Crippen LogP contribution in [0, 0.1) is 0 Å². The summed E-state index contributed by atoms with van der Waals surface area (Å²) in [6, 6.07) is 22.8. The molecule has 2 unspecified atom stereocenters. The molecule has 1 aliphatic carbocycles. The van der Waals surface area contributed by atoms with Crippen molar-refractivity contribution in [1.82, 2.24) is 9.88 Å². The van der Waals surface area contributed by atoms with Gasteiger partial charge in [-0.05, 0) is 56.9 Å². The highest BCUT2D eigenvalue weighted by Gasteiger charge is 2.54. The molecular weight excluding hydrogens is 512 g/mol. The molecule has 1 aromatic heterocycles. The highest BCUT2D eigenvalue weighted by Crippen LogP contribution is 2.52. The number of hydrogen-bond acceptors (Lipinski definition) is 6. The lowest BCUT2D eigenvalue weighted by molar-refractivity contribution is -0.101. The van der Waals surface area contributed by atoms with Gasteiger partial charge in [0.25, 0.3) is 0 Å². The first-order valence-electron chi connectivity index (χ1n) is 13.4. The van der Waals surface area contributed by atoms with Crippen molar-refractivity contribution < 1.29 is 23.1 Å². The molecule has 0 bridgehead atoms. The molecule has 7 nitrogen and oxygen atoms in total. The Morgan fingerprint density at radius 3 is 2.23 bits per heavy atom. The summed E-state index contributed by atoms with van der Waals surface area (Å²) in [7, 11) is -3.24. The van der Waals surface area contributed by atoms with Crippen LogP contribution in [0.2, 0.25) is 0 Å². The number of carbonyl (C=O) groups is 1. The summed E-state index contributed by atoms with van der Waals surface area (Å²) < 4.78 is 30.0. The number of ether oxygens (including phenoxy) is 1. The Morgan fingerprint density at radius 2 is 1.67 bits per heavy atom. The lowest BCUT2D eigenvalue weighted by Gasteiger charge is -2.45. The summed E-state index contributed by atoms with van der Waals surface area (Å²) in [6.07, 6.45) is 2.95. The molecule has 2 fully saturated rings. The zero-order chi connectivity index (χ0) is 28.1. The van der Waals surface area contributed by atoms with Crippen molar-refractivity contribution in [3.63, 3.8) is 0 Å². The van der Waals surface area contributed by atoms with E-state index in [1.165, 1.54) is 6.26 Å². The molecule has 0 radical (unpaired) electrons. The van der Waals surface area contributed by atoms with Crippen LogP contribution < -0.4 is 0 Å². The fourth-order valence-electron chi connectivity index (χ4n) is 5.78. The van der Waals surface area contributed by atoms with Crippen molar-refractivity contribution in [2.45, 2.75) is 68.4 Å². The van der Waals surface area contributed by atoms with Gasteiger partial charge >= 0.3 is 6.09 Å². The molecule has 2 aliphatic rings. The molecule has 1 N–H and O–H groups in total. The molecule has 1 saturated heterocycles. The minimum atomic E-state index is -3.24. The number of hydrogen-bond donors (Lipinski definition) is 1. The van der Waals surface area contributed by atoms with Gasteiger partial charge in [0, 0.05) is 31.2 Å². The minimum Gasteiger partial charge on any atom is -0.438 e. The van der Waals surface area contributed by atoms with Crippen LogP contribution in [0.1, 0.15) is 69.3 Å². The third-order valence-corrected chi connectivity index (χ3v) is 10.1.